The quantitative estimate of drug-likeness (QED) is 0.217. The van der Waals surface area contributed by atoms with Gasteiger partial charge in [0.2, 0.25) is 0 Å². The van der Waals surface area contributed by atoms with Gasteiger partial charge in [-0.1, -0.05) is 84.4 Å². The molecular formula is C33H18ClN3S2. The lowest BCUT2D eigenvalue weighted by atomic mass is 10.1. The zero-order valence-electron chi connectivity index (χ0n) is 20.4. The van der Waals surface area contributed by atoms with Crippen molar-refractivity contribution in [3.63, 3.8) is 0 Å². The number of aromatic nitrogens is 3. The van der Waals surface area contributed by atoms with Gasteiger partial charge >= 0.3 is 0 Å². The highest BCUT2D eigenvalue weighted by Crippen LogP contribution is 2.42. The Labute approximate surface area is 237 Å². The second-order valence-corrected chi connectivity index (χ2v) is 11.9. The summed E-state index contributed by atoms with van der Waals surface area (Å²) in [6.07, 6.45) is 0. The van der Waals surface area contributed by atoms with Gasteiger partial charge in [0.15, 0.2) is 17.5 Å². The van der Waals surface area contributed by atoms with E-state index in [1.807, 2.05) is 36.4 Å². The minimum Gasteiger partial charge on any atom is -0.208 e. The van der Waals surface area contributed by atoms with Crippen molar-refractivity contribution in [3.8, 4) is 34.2 Å². The minimum atomic E-state index is 0.568. The Morgan fingerprint density at radius 3 is 1.87 bits per heavy atom. The maximum Gasteiger partial charge on any atom is 0.165 e. The van der Waals surface area contributed by atoms with E-state index < -0.39 is 0 Å². The lowest BCUT2D eigenvalue weighted by molar-refractivity contribution is 1.08. The Morgan fingerprint density at radius 1 is 0.462 bits per heavy atom. The molecule has 0 N–H and O–H groups in total. The van der Waals surface area contributed by atoms with Gasteiger partial charge < -0.3 is 0 Å². The Bertz CT molecular complexity index is 2200. The summed E-state index contributed by atoms with van der Waals surface area (Å²) >= 11 is 10.6. The molecule has 0 spiro atoms. The molecule has 3 nitrogen and oxygen atoms in total. The highest BCUT2D eigenvalue weighted by molar-refractivity contribution is 7.26. The van der Waals surface area contributed by atoms with Crippen molar-refractivity contribution in [1.29, 1.82) is 0 Å². The number of fused-ring (bicyclic) bond motifs is 6. The summed E-state index contributed by atoms with van der Waals surface area (Å²) in [4.78, 5) is 14.9. The van der Waals surface area contributed by atoms with Crippen molar-refractivity contribution >= 4 is 74.6 Å². The Morgan fingerprint density at radius 2 is 1.08 bits per heavy atom. The number of hydrogen-bond donors (Lipinski definition) is 0. The maximum absolute atomic E-state index is 7.08. The molecule has 0 atom stereocenters. The molecule has 0 aliphatic carbocycles. The zero-order valence-corrected chi connectivity index (χ0v) is 22.8. The van der Waals surface area contributed by atoms with Crippen LogP contribution in [0, 0.1) is 0 Å². The van der Waals surface area contributed by atoms with E-state index in [-0.39, 0.29) is 0 Å². The van der Waals surface area contributed by atoms with Crippen molar-refractivity contribution in [2.75, 3.05) is 0 Å². The van der Waals surface area contributed by atoms with E-state index in [0.717, 1.165) is 26.8 Å². The smallest absolute Gasteiger partial charge is 0.165 e. The molecule has 5 aromatic carbocycles. The van der Waals surface area contributed by atoms with Crippen LogP contribution in [0.1, 0.15) is 0 Å². The van der Waals surface area contributed by atoms with Crippen molar-refractivity contribution in [2.24, 2.45) is 0 Å². The van der Waals surface area contributed by atoms with E-state index in [9.17, 15) is 0 Å². The van der Waals surface area contributed by atoms with Gasteiger partial charge in [0, 0.05) is 52.3 Å². The first-order valence-corrected chi connectivity index (χ1v) is 14.6. The predicted molar refractivity (Wildman–Crippen MR) is 167 cm³/mol. The fraction of sp³-hybridized carbons (Fsp3) is 0. The highest BCUT2D eigenvalue weighted by Gasteiger charge is 2.18. The molecule has 8 aromatic rings. The van der Waals surface area contributed by atoms with Crippen LogP contribution in [0.2, 0.25) is 5.02 Å². The molecule has 0 fully saturated rings. The first kappa shape index (κ1) is 22.8. The molecule has 0 saturated carbocycles. The molecule has 0 aliphatic heterocycles. The van der Waals surface area contributed by atoms with E-state index in [1.165, 1.54) is 30.3 Å². The predicted octanol–water partition coefficient (Wildman–Crippen LogP) is 10.3. The van der Waals surface area contributed by atoms with Crippen LogP contribution in [0.3, 0.4) is 0 Å². The molecule has 0 unspecified atom stereocenters. The Hall–Kier alpha value is -4.16. The lowest BCUT2D eigenvalue weighted by Crippen LogP contribution is -2.00. The summed E-state index contributed by atoms with van der Waals surface area (Å²) in [6.45, 7) is 0. The van der Waals surface area contributed by atoms with Crippen LogP contribution < -0.4 is 0 Å². The van der Waals surface area contributed by atoms with Crippen LogP contribution in [0.5, 0.6) is 0 Å². The monoisotopic (exact) mass is 555 g/mol. The van der Waals surface area contributed by atoms with Gasteiger partial charge in [-0.25, -0.2) is 15.0 Å². The minimum absolute atomic E-state index is 0.568. The Kier molecular flexibility index (Phi) is 5.23. The normalized spacial score (nSPS) is 11.7. The second-order valence-electron chi connectivity index (χ2n) is 9.38. The van der Waals surface area contributed by atoms with Crippen molar-refractivity contribution in [1.82, 2.24) is 15.0 Å². The fourth-order valence-electron chi connectivity index (χ4n) is 5.14. The molecule has 8 rings (SSSR count). The van der Waals surface area contributed by atoms with Crippen LogP contribution >= 0.6 is 34.3 Å². The van der Waals surface area contributed by atoms with E-state index in [1.54, 1.807) is 22.7 Å². The van der Waals surface area contributed by atoms with Crippen LogP contribution in [0.25, 0.3) is 74.5 Å². The van der Waals surface area contributed by atoms with Gasteiger partial charge in [-0.05, 0) is 36.4 Å². The molecule has 0 saturated heterocycles. The topological polar surface area (TPSA) is 38.7 Å². The average molecular weight is 556 g/mol. The van der Waals surface area contributed by atoms with E-state index in [4.69, 9.17) is 26.6 Å². The van der Waals surface area contributed by atoms with Gasteiger partial charge in [0.05, 0.1) is 9.72 Å². The van der Waals surface area contributed by atoms with E-state index >= 15 is 0 Å². The molecule has 39 heavy (non-hydrogen) atoms. The molecule has 6 heteroatoms. The standard InChI is InChI=1S/C33H18ClN3S2/c34-29-24(16-15-23-21-10-4-7-13-27(21)39-30(23)29)33-36-31(19-8-2-1-3-9-19)35-32(37-33)20-14-17-28-25(18-20)22-11-5-6-12-26(22)38-28/h1-18H. The summed E-state index contributed by atoms with van der Waals surface area (Å²) in [5.74, 6) is 1.82. The first-order valence-electron chi connectivity index (χ1n) is 12.6. The molecule has 3 aromatic heterocycles. The first-order chi connectivity index (χ1) is 19.2. The van der Waals surface area contributed by atoms with Gasteiger partial charge in [0.1, 0.15) is 0 Å². The molecule has 0 bridgehead atoms. The number of rotatable bonds is 3. The lowest BCUT2D eigenvalue weighted by Gasteiger charge is -2.10. The summed E-state index contributed by atoms with van der Waals surface area (Å²) in [5.41, 5.74) is 2.69. The number of benzene rings is 5. The van der Waals surface area contributed by atoms with Crippen LogP contribution in [-0.2, 0) is 0 Å². The third kappa shape index (κ3) is 3.73. The number of thiophene rings is 2. The van der Waals surface area contributed by atoms with Gasteiger partial charge in [0.25, 0.3) is 0 Å². The van der Waals surface area contributed by atoms with E-state index in [0.29, 0.717) is 22.5 Å². The van der Waals surface area contributed by atoms with Crippen LogP contribution in [-0.4, -0.2) is 15.0 Å². The third-order valence-corrected chi connectivity index (χ3v) is 9.89. The molecule has 3 heterocycles. The summed E-state index contributed by atoms with van der Waals surface area (Å²) < 4.78 is 4.78. The SMILES string of the molecule is Clc1c(-c2nc(-c3ccccc3)nc(-c3ccc4sc5ccccc5c4c3)n2)ccc2c1sc1ccccc12. The van der Waals surface area contributed by atoms with Crippen molar-refractivity contribution in [3.05, 3.63) is 114 Å². The van der Waals surface area contributed by atoms with E-state index in [2.05, 4.69) is 72.8 Å². The number of hydrogen-bond acceptors (Lipinski definition) is 5. The summed E-state index contributed by atoms with van der Waals surface area (Å²) in [6, 6.07) is 37.6. The maximum atomic E-state index is 7.08. The molecule has 184 valence electrons. The molecule has 0 aliphatic rings. The molecule has 0 radical (unpaired) electrons. The van der Waals surface area contributed by atoms with Gasteiger partial charge in [-0.2, -0.15) is 0 Å². The molecular weight excluding hydrogens is 538 g/mol. The van der Waals surface area contributed by atoms with Crippen molar-refractivity contribution in [2.45, 2.75) is 0 Å². The number of nitrogens with zero attached hydrogens (tertiary/aromatic N) is 3. The van der Waals surface area contributed by atoms with Crippen molar-refractivity contribution < 1.29 is 0 Å². The highest BCUT2D eigenvalue weighted by atomic mass is 35.5. The average Bonchev–Trinajstić information content (AvgIpc) is 3.56. The van der Waals surface area contributed by atoms with Gasteiger partial charge in [-0.15, -0.1) is 22.7 Å². The largest absolute Gasteiger partial charge is 0.208 e. The third-order valence-electron chi connectivity index (χ3n) is 7.03. The molecule has 0 amide bonds. The zero-order chi connectivity index (χ0) is 25.9. The summed E-state index contributed by atoms with van der Waals surface area (Å²) in [5, 5.41) is 5.49. The second kappa shape index (κ2) is 8.95. The van der Waals surface area contributed by atoms with Crippen LogP contribution in [0.4, 0.5) is 0 Å². The number of halogens is 1. The van der Waals surface area contributed by atoms with Gasteiger partial charge in [-0.3, -0.25) is 0 Å². The summed E-state index contributed by atoms with van der Waals surface area (Å²) in [7, 11) is 0. The fourth-order valence-corrected chi connectivity index (χ4v) is 7.73. The van der Waals surface area contributed by atoms with Crippen LogP contribution in [0.15, 0.2) is 109 Å². The Balaban J connectivity index is 1.36.